The largest absolute Gasteiger partial charge is 0.455 e. The summed E-state index contributed by atoms with van der Waals surface area (Å²) in [5, 5.41) is 4.62. The van der Waals surface area contributed by atoms with E-state index >= 15 is 0 Å². The Morgan fingerprint density at radius 1 is 0.432 bits per heavy atom. The summed E-state index contributed by atoms with van der Waals surface area (Å²) in [6.07, 6.45) is 0. The molecular formula is C40H25BN2O. The molecule has 2 aliphatic rings. The summed E-state index contributed by atoms with van der Waals surface area (Å²) < 4.78 is 6.64. The van der Waals surface area contributed by atoms with Crippen molar-refractivity contribution in [3.8, 4) is 0 Å². The molecule has 0 amide bonds. The fourth-order valence-corrected chi connectivity index (χ4v) is 7.60. The second-order valence-corrected chi connectivity index (χ2v) is 11.7. The minimum absolute atomic E-state index is 0.131. The standard InChI is InChI=1S/C40H25BN2O/c1-2-12-27(13-3-1)42-34-17-8-6-15-32(34)41-33-16-7-9-18-35(33)43(37-20-10-19-36(42)39(37)41)28-22-24-30-31-23-21-26-11-4-5-14-29(26)40(31)44-38(30)25-28/h1-25H. The zero-order valence-electron chi connectivity index (χ0n) is 23.8. The lowest BCUT2D eigenvalue weighted by atomic mass is 9.33. The average Bonchev–Trinajstić information content (AvgIpc) is 3.47. The molecule has 0 radical (unpaired) electrons. The van der Waals surface area contributed by atoms with Crippen LogP contribution in [0.25, 0.3) is 32.7 Å². The Labute approximate surface area is 255 Å². The molecular weight excluding hydrogens is 535 g/mol. The molecule has 0 fully saturated rings. The number of rotatable bonds is 2. The Morgan fingerprint density at radius 3 is 1.82 bits per heavy atom. The number of furan rings is 1. The maximum Gasteiger partial charge on any atom is 0.252 e. The van der Waals surface area contributed by atoms with E-state index in [9.17, 15) is 0 Å². The maximum atomic E-state index is 6.64. The van der Waals surface area contributed by atoms with Gasteiger partial charge in [-0.15, -0.1) is 0 Å². The van der Waals surface area contributed by atoms with Crippen LogP contribution in [0.1, 0.15) is 0 Å². The van der Waals surface area contributed by atoms with E-state index in [1.807, 2.05) is 0 Å². The first-order valence-electron chi connectivity index (χ1n) is 15.2. The minimum atomic E-state index is 0.131. The average molecular weight is 560 g/mol. The molecule has 0 unspecified atom stereocenters. The van der Waals surface area contributed by atoms with Crippen molar-refractivity contribution < 1.29 is 4.42 Å². The van der Waals surface area contributed by atoms with Crippen molar-refractivity contribution in [2.75, 3.05) is 9.80 Å². The Kier molecular flexibility index (Phi) is 4.80. The molecule has 0 atom stereocenters. The molecule has 4 heteroatoms. The molecule has 0 spiro atoms. The summed E-state index contributed by atoms with van der Waals surface area (Å²) in [6, 6.07) is 54.7. The smallest absolute Gasteiger partial charge is 0.252 e. The van der Waals surface area contributed by atoms with Crippen LogP contribution in [0, 0.1) is 0 Å². The molecule has 1 aromatic heterocycles. The maximum absolute atomic E-state index is 6.64. The van der Waals surface area contributed by atoms with E-state index in [0.29, 0.717) is 0 Å². The van der Waals surface area contributed by atoms with Gasteiger partial charge in [-0.3, -0.25) is 0 Å². The molecule has 10 rings (SSSR count). The van der Waals surface area contributed by atoms with Crippen LogP contribution < -0.4 is 26.2 Å². The number of hydrogen-bond donors (Lipinski definition) is 0. The van der Waals surface area contributed by atoms with Crippen LogP contribution in [-0.2, 0) is 0 Å². The van der Waals surface area contributed by atoms with Gasteiger partial charge in [-0.1, -0.05) is 91.0 Å². The highest BCUT2D eigenvalue weighted by Gasteiger charge is 2.42. The Bertz CT molecular complexity index is 2430. The van der Waals surface area contributed by atoms with Gasteiger partial charge in [-0.05, 0) is 76.4 Å². The lowest BCUT2D eigenvalue weighted by Crippen LogP contribution is -2.61. The van der Waals surface area contributed by atoms with Crippen molar-refractivity contribution in [1.29, 1.82) is 0 Å². The molecule has 2 aliphatic heterocycles. The Balaban J connectivity index is 1.24. The second kappa shape index (κ2) is 8.89. The highest BCUT2D eigenvalue weighted by Crippen LogP contribution is 2.44. The van der Waals surface area contributed by atoms with Crippen molar-refractivity contribution in [3.63, 3.8) is 0 Å². The molecule has 0 saturated carbocycles. The molecule has 44 heavy (non-hydrogen) atoms. The van der Waals surface area contributed by atoms with Crippen LogP contribution in [0.2, 0.25) is 0 Å². The van der Waals surface area contributed by atoms with E-state index in [1.54, 1.807) is 0 Å². The Morgan fingerprint density at radius 2 is 1.05 bits per heavy atom. The minimum Gasteiger partial charge on any atom is -0.455 e. The lowest BCUT2D eigenvalue weighted by molar-refractivity contribution is 0.672. The quantitative estimate of drug-likeness (QED) is 0.197. The van der Waals surface area contributed by atoms with Gasteiger partial charge in [-0.2, -0.15) is 0 Å². The van der Waals surface area contributed by atoms with Crippen molar-refractivity contribution in [2.45, 2.75) is 0 Å². The zero-order valence-corrected chi connectivity index (χ0v) is 23.8. The number of anilines is 6. The van der Waals surface area contributed by atoms with Gasteiger partial charge in [0.05, 0.1) is 0 Å². The van der Waals surface area contributed by atoms with E-state index in [-0.39, 0.29) is 6.71 Å². The van der Waals surface area contributed by atoms with Crippen LogP contribution >= 0.6 is 0 Å². The topological polar surface area (TPSA) is 19.6 Å². The van der Waals surface area contributed by atoms with Gasteiger partial charge in [-0.25, -0.2) is 0 Å². The van der Waals surface area contributed by atoms with Gasteiger partial charge in [0.15, 0.2) is 0 Å². The van der Waals surface area contributed by atoms with Gasteiger partial charge < -0.3 is 14.2 Å². The van der Waals surface area contributed by atoms with Crippen LogP contribution in [-0.4, -0.2) is 6.71 Å². The number of fused-ring (bicyclic) bond motifs is 9. The predicted molar refractivity (Wildman–Crippen MR) is 185 cm³/mol. The van der Waals surface area contributed by atoms with Crippen LogP contribution in [0.5, 0.6) is 0 Å². The number of hydrogen-bond acceptors (Lipinski definition) is 3. The third kappa shape index (κ3) is 3.17. The molecule has 7 aromatic carbocycles. The first-order chi connectivity index (χ1) is 21.8. The third-order valence-electron chi connectivity index (χ3n) is 9.43. The van der Waals surface area contributed by atoms with Crippen LogP contribution in [0.15, 0.2) is 156 Å². The molecule has 0 saturated heterocycles. The Hall–Kier alpha value is -5.74. The van der Waals surface area contributed by atoms with Gasteiger partial charge in [0.2, 0.25) is 0 Å². The lowest BCUT2D eigenvalue weighted by Gasteiger charge is -2.44. The predicted octanol–water partition coefficient (Wildman–Crippen LogP) is 8.82. The monoisotopic (exact) mass is 560 g/mol. The van der Waals surface area contributed by atoms with E-state index < -0.39 is 0 Å². The van der Waals surface area contributed by atoms with Gasteiger partial charge in [0.25, 0.3) is 6.71 Å². The number of nitrogens with zero attached hydrogens (tertiary/aromatic N) is 2. The first-order valence-corrected chi connectivity index (χ1v) is 15.2. The molecule has 3 heterocycles. The zero-order chi connectivity index (χ0) is 28.8. The van der Waals surface area contributed by atoms with E-state index in [4.69, 9.17) is 4.42 Å². The van der Waals surface area contributed by atoms with E-state index in [1.165, 1.54) is 44.5 Å². The first kappa shape index (κ1) is 23.8. The molecule has 3 nitrogen and oxygen atoms in total. The third-order valence-corrected chi connectivity index (χ3v) is 9.43. The highest BCUT2D eigenvalue weighted by atomic mass is 16.3. The fraction of sp³-hybridized carbons (Fsp3) is 0. The molecule has 0 aliphatic carbocycles. The van der Waals surface area contributed by atoms with Crippen molar-refractivity contribution >= 4 is 89.9 Å². The van der Waals surface area contributed by atoms with E-state index in [2.05, 4.69) is 161 Å². The van der Waals surface area contributed by atoms with E-state index in [0.717, 1.165) is 38.7 Å². The summed E-state index contributed by atoms with van der Waals surface area (Å²) in [6.45, 7) is 0.131. The normalized spacial score (nSPS) is 13.3. The van der Waals surface area contributed by atoms with Crippen molar-refractivity contribution in [3.05, 3.63) is 152 Å². The van der Waals surface area contributed by atoms with Gasteiger partial charge in [0, 0.05) is 56.3 Å². The summed E-state index contributed by atoms with van der Waals surface area (Å²) in [7, 11) is 0. The summed E-state index contributed by atoms with van der Waals surface area (Å²) in [5.74, 6) is 0. The summed E-state index contributed by atoms with van der Waals surface area (Å²) >= 11 is 0. The SMILES string of the molecule is c1ccc(N2c3ccccc3B3c4ccccc4N(c4ccc5c(c4)oc4c6ccccc6ccc54)c4cccc2c43)cc1. The molecule has 0 bridgehead atoms. The fourth-order valence-electron chi connectivity index (χ4n) is 7.60. The van der Waals surface area contributed by atoms with Crippen LogP contribution in [0.4, 0.5) is 34.1 Å². The molecule has 8 aromatic rings. The van der Waals surface area contributed by atoms with Crippen molar-refractivity contribution in [1.82, 2.24) is 0 Å². The second-order valence-electron chi connectivity index (χ2n) is 11.7. The molecule has 204 valence electrons. The van der Waals surface area contributed by atoms with Gasteiger partial charge in [0.1, 0.15) is 11.2 Å². The molecule has 0 N–H and O–H groups in total. The highest BCUT2D eigenvalue weighted by molar-refractivity contribution is 7.00. The number of para-hydroxylation sites is 3. The number of benzene rings is 7. The summed E-state index contributed by atoms with van der Waals surface area (Å²) in [4.78, 5) is 4.84. The van der Waals surface area contributed by atoms with Gasteiger partial charge >= 0.3 is 0 Å². The summed E-state index contributed by atoms with van der Waals surface area (Å²) in [5.41, 5.74) is 12.9. The van der Waals surface area contributed by atoms with Crippen LogP contribution in [0.3, 0.4) is 0 Å². The van der Waals surface area contributed by atoms with Crippen molar-refractivity contribution in [2.24, 2.45) is 0 Å².